The maximum atomic E-state index is 5.79. The highest BCUT2D eigenvalue weighted by Gasteiger charge is 2.21. The Labute approximate surface area is 131 Å². The molecule has 21 heavy (non-hydrogen) atoms. The van der Waals surface area contributed by atoms with Crippen molar-refractivity contribution in [3.63, 3.8) is 0 Å². The van der Waals surface area contributed by atoms with E-state index in [1.54, 1.807) is 11.3 Å². The molecule has 1 N–H and O–H groups in total. The summed E-state index contributed by atoms with van der Waals surface area (Å²) in [5.74, 6) is 0.944. The number of nitrogens with one attached hydrogen (secondary N) is 1. The van der Waals surface area contributed by atoms with E-state index in [0.717, 1.165) is 29.4 Å². The van der Waals surface area contributed by atoms with Gasteiger partial charge in [0.05, 0.1) is 18.3 Å². The van der Waals surface area contributed by atoms with Gasteiger partial charge in [0.25, 0.3) is 0 Å². The molecule has 1 unspecified atom stereocenters. The van der Waals surface area contributed by atoms with Crippen LogP contribution in [0.5, 0.6) is 5.75 Å². The smallest absolute Gasteiger partial charge is 0.124 e. The van der Waals surface area contributed by atoms with Crippen LogP contribution in [0.15, 0.2) is 24.3 Å². The predicted octanol–water partition coefficient (Wildman–Crippen LogP) is 4.25. The van der Waals surface area contributed by atoms with Crippen LogP contribution in [0, 0.1) is 13.8 Å². The first-order valence-electron chi connectivity index (χ1n) is 7.56. The van der Waals surface area contributed by atoms with Crippen LogP contribution >= 0.6 is 11.3 Å². The second-order valence-electron chi connectivity index (χ2n) is 5.05. The van der Waals surface area contributed by atoms with Crippen molar-refractivity contribution in [1.29, 1.82) is 0 Å². The van der Waals surface area contributed by atoms with E-state index < -0.39 is 0 Å². The van der Waals surface area contributed by atoms with Crippen molar-refractivity contribution in [3.05, 3.63) is 45.4 Å². The number of hydrogen-bond donors (Lipinski definition) is 1. The Balaban J connectivity index is 2.40. The highest BCUT2D eigenvalue weighted by Crippen LogP contribution is 2.33. The lowest BCUT2D eigenvalue weighted by atomic mass is 10.1. The summed E-state index contributed by atoms with van der Waals surface area (Å²) in [7, 11) is 0. The van der Waals surface area contributed by atoms with E-state index in [0.29, 0.717) is 6.61 Å². The van der Waals surface area contributed by atoms with Crippen LogP contribution in [-0.2, 0) is 0 Å². The molecule has 4 heteroatoms. The van der Waals surface area contributed by atoms with Crippen LogP contribution in [-0.4, -0.2) is 18.1 Å². The number of ether oxygens (including phenoxy) is 1. The largest absolute Gasteiger partial charge is 0.494 e. The van der Waals surface area contributed by atoms with Crippen LogP contribution in [0.4, 0.5) is 0 Å². The molecule has 0 aliphatic heterocycles. The van der Waals surface area contributed by atoms with Gasteiger partial charge >= 0.3 is 0 Å². The minimum absolute atomic E-state index is 0.102. The summed E-state index contributed by atoms with van der Waals surface area (Å²) in [6.45, 7) is 10.0. The van der Waals surface area contributed by atoms with Gasteiger partial charge < -0.3 is 10.1 Å². The van der Waals surface area contributed by atoms with Gasteiger partial charge in [0.2, 0.25) is 0 Å². The molecule has 0 saturated carbocycles. The van der Waals surface area contributed by atoms with Gasteiger partial charge in [-0.05, 0) is 39.8 Å². The van der Waals surface area contributed by atoms with E-state index in [9.17, 15) is 0 Å². The topological polar surface area (TPSA) is 34.2 Å². The van der Waals surface area contributed by atoms with Crippen molar-refractivity contribution >= 4 is 11.3 Å². The van der Waals surface area contributed by atoms with E-state index in [-0.39, 0.29) is 6.04 Å². The van der Waals surface area contributed by atoms with Crippen molar-refractivity contribution in [2.75, 3.05) is 13.2 Å². The number of rotatable bonds is 7. The first-order chi connectivity index (χ1) is 10.2. The average molecular weight is 304 g/mol. The standard InChI is InChI=1S/C17H24N2OS/c1-5-11-18-16(17-19-12(3)13(4)21-17)14-9-7-8-10-15(14)20-6-2/h7-10,16,18H,5-6,11H2,1-4H3. The van der Waals surface area contributed by atoms with Crippen molar-refractivity contribution in [1.82, 2.24) is 10.3 Å². The Hall–Kier alpha value is -1.39. The van der Waals surface area contributed by atoms with Crippen LogP contribution in [0.2, 0.25) is 0 Å². The Morgan fingerprint density at radius 2 is 2.00 bits per heavy atom. The third-order valence-corrected chi connectivity index (χ3v) is 4.56. The van der Waals surface area contributed by atoms with Gasteiger partial charge in [-0.3, -0.25) is 0 Å². The summed E-state index contributed by atoms with van der Waals surface area (Å²) in [5, 5.41) is 4.73. The van der Waals surface area contributed by atoms with Crippen molar-refractivity contribution in [2.45, 2.75) is 40.2 Å². The van der Waals surface area contributed by atoms with Crippen LogP contribution in [0.3, 0.4) is 0 Å². The molecule has 0 bridgehead atoms. The molecule has 3 nitrogen and oxygen atoms in total. The van der Waals surface area contributed by atoms with Gasteiger partial charge in [0.15, 0.2) is 0 Å². The molecule has 2 aromatic rings. The maximum absolute atomic E-state index is 5.79. The number of aryl methyl sites for hydroxylation is 2. The van der Waals surface area contributed by atoms with Gasteiger partial charge in [-0.2, -0.15) is 0 Å². The third-order valence-electron chi connectivity index (χ3n) is 3.42. The summed E-state index contributed by atoms with van der Waals surface area (Å²) < 4.78 is 5.79. The third kappa shape index (κ3) is 3.83. The van der Waals surface area contributed by atoms with Crippen molar-refractivity contribution in [2.24, 2.45) is 0 Å². The monoisotopic (exact) mass is 304 g/mol. The minimum atomic E-state index is 0.102. The van der Waals surface area contributed by atoms with Gasteiger partial charge in [-0.1, -0.05) is 25.1 Å². The molecule has 0 fully saturated rings. The predicted molar refractivity (Wildman–Crippen MR) is 89.3 cm³/mol. The number of aromatic nitrogens is 1. The maximum Gasteiger partial charge on any atom is 0.124 e. The minimum Gasteiger partial charge on any atom is -0.494 e. The van der Waals surface area contributed by atoms with Gasteiger partial charge in [-0.25, -0.2) is 4.98 Å². The lowest BCUT2D eigenvalue weighted by Crippen LogP contribution is -2.23. The zero-order chi connectivity index (χ0) is 15.2. The lowest BCUT2D eigenvalue weighted by molar-refractivity contribution is 0.333. The first-order valence-corrected chi connectivity index (χ1v) is 8.38. The Morgan fingerprint density at radius 1 is 1.24 bits per heavy atom. The summed E-state index contributed by atoms with van der Waals surface area (Å²) in [5.41, 5.74) is 2.29. The molecular weight excluding hydrogens is 280 g/mol. The van der Waals surface area contributed by atoms with Crippen LogP contribution in [0.25, 0.3) is 0 Å². The van der Waals surface area contributed by atoms with Crippen molar-refractivity contribution in [3.8, 4) is 5.75 Å². The van der Waals surface area contributed by atoms with Crippen LogP contribution in [0.1, 0.15) is 47.5 Å². The Kier molecular flexibility index (Phi) is 5.76. The number of para-hydroxylation sites is 1. The molecule has 1 aromatic carbocycles. The van der Waals surface area contributed by atoms with E-state index >= 15 is 0 Å². The van der Waals surface area contributed by atoms with E-state index in [1.807, 2.05) is 19.1 Å². The highest BCUT2D eigenvalue weighted by molar-refractivity contribution is 7.11. The fraction of sp³-hybridized carbons (Fsp3) is 0.471. The summed E-state index contributed by atoms with van der Waals surface area (Å²) >= 11 is 1.77. The second kappa shape index (κ2) is 7.57. The molecule has 0 spiro atoms. The lowest BCUT2D eigenvalue weighted by Gasteiger charge is -2.19. The fourth-order valence-corrected chi connectivity index (χ4v) is 3.26. The molecule has 0 radical (unpaired) electrons. The normalized spacial score (nSPS) is 12.4. The average Bonchev–Trinajstić information content (AvgIpc) is 2.81. The SMILES string of the molecule is CCCNC(c1nc(C)c(C)s1)c1ccccc1OCC. The molecule has 0 saturated heterocycles. The number of thiazole rings is 1. The van der Waals surface area contributed by atoms with Gasteiger partial charge in [0.1, 0.15) is 10.8 Å². The first kappa shape index (κ1) is 16.0. The summed E-state index contributed by atoms with van der Waals surface area (Å²) in [6, 6.07) is 8.34. The highest BCUT2D eigenvalue weighted by atomic mass is 32.1. The molecule has 1 aromatic heterocycles. The van der Waals surface area contributed by atoms with Gasteiger partial charge in [-0.15, -0.1) is 11.3 Å². The Bertz CT molecular complexity index is 560. The molecule has 1 atom stereocenters. The molecule has 114 valence electrons. The molecule has 1 heterocycles. The second-order valence-corrected chi connectivity index (χ2v) is 6.29. The van der Waals surface area contributed by atoms with Crippen molar-refractivity contribution < 1.29 is 4.74 Å². The van der Waals surface area contributed by atoms with E-state index in [4.69, 9.17) is 9.72 Å². The molecule has 0 aliphatic carbocycles. The molecule has 0 aliphatic rings. The van der Waals surface area contributed by atoms with E-state index in [2.05, 4.69) is 38.2 Å². The number of benzene rings is 1. The van der Waals surface area contributed by atoms with Crippen LogP contribution < -0.4 is 10.1 Å². The van der Waals surface area contributed by atoms with Gasteiger partial charge in [0, 0.05) is 10.4 Å². The Morgan fingerprint density at radius 3 is 2.62 bits per heavy atom. The zero-order valence-electron chi connectivity index (χ0n) is 13.3. The van der Waals surface area contributed by atoms with E-state index in [1.165, 1.54) is 10.4 Å². The number of nitrogens with zero attached hydrogens (tertiary/aromatic N) is 1. The number of hydrogen-bond acceptors (Lipinski definition) is 4. The fourth-order valence-electron chi connectivity index (χ4n) is 2.25. The quantitative estimate of drug-likeness (QED) is 0.830. The summed E-state index contributed by atoms with van der Waals surface area (Å²) in [4.78, 5) is 6.02. The molecular formula is C17H24N2OS. The molecule has 0 amide bonds. The molecule has 2 rings (SSSR count). The summed E-state index contributed by atoms with van der Waals surface area (Å²) in [6.07, 6.45) is 1.09. The zero-order valence-corrected chi connectivity index (χ0v) is 14.1.